The van der Waals surface area contributed by atoms with Crippen LogP contribution in [0.25, 0.3) is 0 Å². The van der Waals surface area contributed by atoms with Gasteiger partial charge >= 0.3 is 0 Å². The van der Waals surface area contributed by atoms with Crippen LogP contribution >= 0.6 is 11.8 Å². The summed E-state index contributed by atoms with van der Waals surface area (Å²) in [7, 11) is 0. The third-order valence-electron chi connectivity index (χ3n) is 1.63. The van der Waals surface area contributed by atoms with Crippen molar-refractivity contribution >= 4 is 11.8 Å². The van der Waals surface area contributed by atoms with Gasteiger partial charge in [-0.15, -0.1) is 0 Å². The Morgan fingerprint density at radius 2 is 1.91 bits per heavy atom. The van der Waals surface area contributed by atoms with Crippen molar-refractivity contribution in [3.63, 3.8) is 0 Å². The molecule has 0 aromatic heterocycles. The summed E-state index contributed by atoms with van der Waals surface area (Å²) in [5, 5.41) is 0. The maximum atomic E-state index is 2.19. The molecule has 0 bridgehead atoms. The SMILES string of the molecule is CSC[C](C)c1ccccc1. The van der Waals surface area contributed by atoms with E-state index in [1.165, 1.54) is 11.5 Å². The van der Waals surface area contributed by atoms with E-state index in [-0.39, 0.29) is 0 Å². The molecule has 0 saturated carbocycles. The molecule has 0 fully saturated rings. The lowest BCUT2D eigenvalue weighted by atomic mass is 10.0. The summed E-state index contributed by atoms with van der Waals surface area (Å²) in [6, 6.07) is 10.5. The fourth-order valence-electron chi connectivity index (χ4n) is 1.02. The van der Waals surface area contributed by atoms with Crippen LogP contribution in [-0.2, 0) is 0 Å². The van der Waals surface area contributed by atoms with Crippen LogP contribution in [0, 0.1) is 5.92 Å². The number of thioether (sulfide) groups is 1. The molecule has 0 aliphatic carbocycles. The lowest BCUT2D eigenvalue weighted by Crippen LogP contribution is -1.96. The predicted molar refractivity (Wildman–Crippen MR) is 52.8 cm³/mol. The van der Waals surface area contributed by atoms with Crippen molar-refractivity contribution in [3.8, 4) is 0 Å². The van der Waals surface area contributed by atoms with Gasteiger partial charge in [0.15, 0.2) is 0 Å². The number of rotatable bonds is 3. The van der Waals surface area contributed by atoms with Gasteiger partial charge in [0.05, 0.1) is 0 Å². The molecule has 1 heteroatoms. The van der Waals surface area contributed by atoms with Gasteiger partial charge in [0.1, 0.15) is 0 Å². The Morgan fingerprint density at radius 1 is 1.27 bits per heavy atom. The molecule has 0 spiro atoms. The molecule has 0 saturated heterocycles. The van der Waals surface area contributed by atoms with Crippen molar-refractivity contribution < 1.29 is 0 Å². The molecule has 1 aromatic rings. The molecule has 0 heterocycles. The number of hydrogen-bond acceptors (Lipinski definition) is 1. The van der Waals surface area contributed by atoms with Crippen LogP contribution in [0.5, 0.6) is 0 Å². The van der Waals surface area contributed by atoms with Gasteiger partial charge in [-0.3, -0.25) is 0 Å². The zero-order valence-electron chi connectivity index (χ0n) is 7.00. The van der Waals surface area contributed by atoms with Crippen LogP contribution in [0.4, 0.5) is 0 Å². The summed E-state index contributed by atoms with van der Waals surface area (Å²) in [6.07, 6.45) is 2.13. The Morgan fingerprint density at radius 3 is 2.45 bits per heavy atom. The summed E-state index contributed by atoms with van der Waals surface area (Å²) >= 11 is 1.87. The zero-order valence-corrected chi connectivity index (χ0v) is 7.82. The first-order valence-corrected chi connectivity index (χ1v) is 5.11. The van der Waals surface area contributed by atoms with Crippen molar-refractivity contribution in [2.45, 2.75) is 6.92 Å². The maximum Gasteiger partial charge on any atom is 0.0117 e. The van der Waals surface area contributed by atoms with Crippen LogP contribution in [0.3, 0.4) is 0 Å². The van der Waals surface area contributed by atoms with Crippen LogP contribution in [0.15, 0.2) is 30.3 Å². The molecule has 0 atom stereocenters. The van der Waals surface area contributed by atoms with E-state index in [1.807, 2.05) is 11.8 Å². The third-order valence-corrected chi connectivity index (χ3v) is 2.35. The summed E-state index contributed by atoms with van der Waals surface area (Å²) in [5.41, 5.74) is 1.36. The third kappa shape index (κ3) is 2.58. The van der Waals surface area contributed by atoms with E-state index >= 15 is 0 Å². The summed E-state index contributed by atoms with van der Waals surface area (Å²) in [6.45, 7) is 2.19. The molecule has 59 valence electrons. The monoisotopic (exact) mass is 165 g/mol. The predicted octanol–water partition coefficient (Wildman–Crippen LogP) is 2.99. The smallest absolute Gasteiger partial charge is 0.0117 e. The highest BCUT2D eigenvalue weighted by molar-refractivity contribution is 7.98. The second-order valence-electron chi connectivity index (χ2n) is 2.58. The van der Waals surface area contributed by atoms with Gasteiger partial charge < -0.3 is 0 Å². The molecule has 0 nitrogen and oxygen atoms in total. The quantitative estimate of drug-likeness (QED) is 0.663. The van der Waals surface area contributed by atoms with E-state index in [9.17, 15) is 0 Å². The van der Waals surface area contributed by atoms with Gasteiger partial charge in [-0.2, -0.15) is 11.8 Å². The normalized spacial score (nSPS) is 10.5. The topological polar surface area (TPSA) is 0 Å². The average molecular weight is 165 g/mol. The van der Waals surface area contributed by atoms with E-state index in [0.717, 1.165) is 5.75 Å². The van der Waals surface area contributed by atoms with Gasteiger partial charge in [0.25, 0.3) is 0 Å². The first-order valence-electron chi connectivity index (χ1n) is 3.71. The molecule has 1 rings (SSSR count). The Balaban J connectivity index is 2.61. The summed E-state index contributed by atoms with van der Waals surface area (Å²) < 4.78 is 0. The van der Waals surface area contributed by atoms with Crippen LogP contribution in [0.2, 0.25) is 0 Å². The highest BCUT2D eigenvalue weighted by Crippen LogP contribution is 2.16. The number of hydrogen-bond donors (Lipinski definition) is 0. The fraction of sp³-hybridized carbons (Fsp3) is 0.300. The first-order chi connectivity index (χ1) is 5.34. The molecular formula is C10H13S. The van der Waals surface area contributed by atoms with Gasteiger partial charge in [0, 0.05) is 11.7 Å². The second kappa shape index (κ2) is 4.45. The van der Waals surface area contributed by atoms with Gasteiger partial charge in [-0.1, -0.05) is 37.3 Å². The molecule has 0 aliphatic heterocycles. The van der Waals surface area contributed by atoms with Crippen LogP contribution < -0.4 is 0 Å². The van der Waals surface area contributed by atoms with Crippen molar-refractivity contribution in [1.82, 2.24) is 0 Å². The Kier molecular flexibility index (Phi) is 3.50. The number of benzene rings is 1. The van der Waals surface area contributed by atoms with E-state index < -0.39 is 0 Å². The van der Waals surface area contributed by atoms with Gasteiger partial charge in [-0.25, -0.2) is 0 Å². The summed E-state index contributed by atoms with van der Waals surface area (Å²) in [4.78, 5) is 0. The van der Waals surface area contributed by atoms with Crippen molar-refractivity contribution in [1.29, 1.82) is 0 Å². The maximum absolute atomic E-state index is 2.19. The van der Waals surface area contributed by atoms with Gasteiger partial charge in [-0.05, 0) is 11.8 Å². The van der Waals surface area contributed by atoms with E-state index in [1.54, 1.807) is 0 Å². The second-order valence-corrected chi connectivity index (χ2v) is 3.45. The van der Waals surface area contributed by atoms with E-state index in [0.29, 0.717) is 0 Å². The summed E-state index contributed by atoms with van der Waals surface area (Å²) in [5.74, 6) is 2.59. The molecule has 0 unspecified atom stereocenters. The molecule has 1 radical (unpaired) electrons. The molecular weight excluding hydrogens is 152 g/mol. The standard InChI is InChI=1S/C10H13S/c1-9(8-11-2)10-6-4-3-5-7-10/h3-7H,8H2,1-2H3. The first kappa shape index (κ1) is 8.66. The molecule has 11 heavy (non-hydrogen) atoms. The Labute approximate surface area is 73.0 Å². The molecule has 1 aromatic carbocycles. The van der Waals surface area contributed by atoms with Crippen LogP contribution in [-0.4, -0.2) is 12.0 Å². The average Bonchev–Trinajstić information content (AvgIpc) is 2.07. The molecule has 0 aliphatic rings. The molecule has 0 amide bonds. The largest absolute Gasteiger partial charge is 0.164 e. The van der Waals surface area contributed by atoms with Crippen LogP contribution in [0.1, 0.15) is 12.5 Å². The fourth-order valence-corrected chi connectivity index (χ4v) is 1.62. The van der Waals surface area contributed by atoms with Crippen molar-refractivity contribution in [2.75, 3.05) is 12.0 Å². The minimum Gasteiger partial charge on any atom is -0.164 e. The highest BCUT2D eigenvalue weighted by atomic mass is 32.2. The highest BCUT2D eigenvalue weighted by Gasteiger charge is 2.02. The van der Waals surface area contributed by atoms with E-state index in [2.05, 4.69) is 43.5 Å². The van der Waals surface area contributed by atoms with Gasteiger partial charge in [0.2, 0.25) is 0 Å². The van der Waals surface area contributed by atoms with E-state index in [4.69, 9.17) is 0 Å². The zero-order chi connectivity index (χ0) is 8.10. The van der Waals surface area contributed by atoms with Crippen molar-refractivity contribution in [2.24, 2.45) is 0 Å². The molecule has 0 N–H and O–H groups in total. The van der Waals surface area contributed by atoms with Crippen molar-refractivity contribution in [3.05, 3.63) is 41.8 Å². The minimum absolute atomic E-state index is 1.13. The lowest BCUT2D eigenvalue weighted by Gasteiger charge is -2.07. The Hall–Kier alpha value is -0.430. The minimum atomic E-state index is 1.13. The Bertz CT molecular complexity index is 193. The lowest BCUT2D eigenvalue weighted by molar-refractivity contribution is 1.16.